The number of halogens is 3. The molecule has 3 heterocycles. The molecule has 0 aliphatic heterocycles. The molecule has 0 aromatic carbocycles. The van der Waals surface area contributed by atoms with Crippen molar-refractivity contribution in [3.05, 3.63) is 47.4 Å². The summed E-state index contributed by atoms with van der Waals surface area (Å²) in [5.41, 5.74) is 2.98. The van der Waals surface area contributed by atoms with Crippen LogP contribution in [0.2, 0.25) is 0 Å². The normalized spacial score (nSPS) is 11.9. The third kappa shape index (κ3) is 3.22. The van der Waals surface area contributed by atoms with Crippen LogP contribution in [0.15, 0.2) is 28.9 Å². The van der Waals surface area contributed by atoms with Gasteiger partial charge in [0.25, 0.3) is 0 Å². The summed E-state index contributed by atoms with van der Waals surface area (Å²) in [7, 11) is 0. The summed E-state index contributed by atoms with van der Waals surface area (Å²) in [6.07, 6.45) is -3.25. The minimum absolute atomic E-state index is 0.150. The highest BCUT2D eigenvalue weighted by atomic mass is 19.4. The van der Waals surface area contributed by atoms with Crippen molar-refractivity contribution < 1.29 is 17.7 Å². The van der Waals surface area contributed by atoms with Crippen molar-refractivity contribution in [1.29, 1.82) is 0 Å². The van der Waals surface area contributed by atoms with E-state index in [-0.39, 0.29) is 5.82 Å². The number of aromatic nitrogens is 5. The molecule has 0 radical (unpaired) electrons. The van der Waals surface area contributed by atoms with Crippen LogP contribution in [0, 0.1) is 13.8 Å². The number of rotatable bonds is 3. The van der Waals surface area contributed by atoms with Crippen molar-refractivity contribution in [1.82, 2.24) is 24.9 Å². The topological polar surface area (TPSA) is 69.6 Å². The minimum atomic E-state index is -4.66. The first kappa shape index (κ1) is 15.2. The zero-order valence-electron chi connectivity index (χ0n) is 12.3. The Labute approximate surface area is 129 Å². The monoisotopic (exact) mass is 323 g/mol. The summed E-state index contributed by atoms with van der Waals surface area (Å²) in [4.78, 5) is 7.53. The van der Waals surface area contributed by atoms with Gasteiger partial charge in [0.1, 0.15) is 0 Å². The standard InChI is InChI=1S/C14H12F3N5O/c1-8-5-9(2)22(20-8)7-11-4-3-10(6-18-11)12-19-13(23-21-12)14(15,16)17/h3-6H,7H2,1-2H3. The number of hydrogen-bond acceptors (Lipinski definition) is 5. The van der Waals surface area contributed by atoms with Gasteiger partial charge in [0.2, 0.25) is 5.82 Å². The summed E-state index contributed by atoms with van der Waals surface area (Å²) in [6.45, 7) is 4.31. The van der Waals surface area contributed by atoms with Gasteiger partial charge in [0.05, 0.1) is 17.9 Å². The molecule has 23 heavy (non-hydrogen) atoms. The van der Waals surface area contributed by atoms with E-state index in [0.29, 0.717) is 12.1 Å². The Balaban J connectivity index is 1.79. The molecule has 3 aromatic heterocycles. The molecular formula is C14H12F3N5O. The lowest BCUT2D eigenvalue weighted by Gasteiger charge is -2.04. The zero-order valence-corrected chi connectivity index (χ0v) is 12.3. The molecule has 0 fully saturated rings. The first-order chi connectivity index (χ1) is 10.8. The lowest BCUT2D eigenvalue weighted by atomic mass is 10.2. The molecule has 0 aliphatic rings. The van der Waals surface area contributed by atoms with Crippen molar-refractivity contribution in [3.8, 4) is 11.4 Å². The molecule has 120 valence electrons. The van der Waals surface area contributed by atoms with E-state index in [9.17, 15) is 13.2 Å². The third-order valence-corrected chi connectivity index (χ3v) is 3.17. The van der Waals surface area contributed by atoms with Crippen LogP contribution in [0.25, 0.3) is 11.4 Å². The van der Waals surface area contributed by atoms with Gasteiger partial charge in [0, 0.05) is 17.5 Å². The predicted octanol–water partition coefficient (Wildman–Crippen LogP) is 3.01. The van der Waals surface area contributed by atoms with E-state index in [1.165, 1.54) is 6.20 Å². The number of hydrogen-bond donors (Lipinski definition) is 0. The summed E-state index contributed by atoms with van der Waals surface area (Å²) in [6, 6.07) is 5.24. The average molecular weight is 323 g/mol. The smallest absolute Gasteiger partial charge is 0.329 e. The van der Waals surface area contributed by atoms with Crippen LogP contribution in [0.4, 0.5) is 13.2 Å². The van der Waals surface area contributed by atoms with Crippen LogP contribution in [0.5, 0.6) is 0 Å². The summed E-state index contributed by atoms with van der Waals surface area (Å²) >= 11 is 0. The van der Waals surface area contributed by atoms with Crippen LogP contribution < -0.4 is 0 Å². The van der Waals surface area contributed by atoms with Gasteiger partial charge >= 0.3 is 12.1 Å². The maximum absolute atomic E-state index is 12.4. The van der Waals surface area contributed by atoms with Crippen LogP contribution in [-0.4, -0.2) is 24.9 Å². The molecule has 0 N–H and O–H groups in total. The van der Waals surface area contributed by atoms with E-state index < -0.39 is 12.1 Å². The Morgan fingerprint density at radius 3 is 2.52 bits per heavy atom. The molecule has 0 bridgehead atoms. The second kappa shape index (κ2) is 5.49. The number of pyridine rings is 1. The Bertz CT molecular complexity index is 820. The Hall–Kier alpha value is -2.71. The van der Waals surface area contributed by atoms with Gasteiger partial charge in [0.15, 0.2) is 0 Å². The molecule has 9 heteroatoms. The third-order valence-electron chi connectivity index (χ3n) is 3.17. The van der Waals surface area contributed by atoms with E-state index in [2.05, 4.69) is 24.7 Å². The van der Waals surface area contributed by atoms with Crippen molar-refractivity contribution in [2.75, 3.05) is 0 Å². The lowest BCUT2D eigenvalue weighted by molar-refractivity contribution is -0.159. The van der Waals surface area contributed by atoms with E-state index in [1.54, 1.807) is 16.8 Å². The zero-order chi connectivity index (χ0) is 16.6. The van der Waals surface area contributed by atoms with E-state index in [0.717, 1.165) is 17.1 Å². The average Bonchev–Trinajstić information content (AvgIpc) is 3.07. The van der Waals surface area contributed by atoms with Gasteiger partial charge in [-0.3, -0.25) is 9.67 Å². The van der Waals surface area contributed by atoms with Crippen molar-refractivity contribution in [2.45, 2.75) is 26.6 Å². The number of aryl methyl sites for hydroxylation is 2. The SMILES string of the molecule is Cc1cc(C)n(Cc2ccc(-c3noc(C(F)(F)F)n3)cn2)n1. The molecule has 0 amide bonds. The van der Waals surface area contributed by atoms with Crippen molar-refractivity contribution >= 4 is 0 Å². The Morgan fingerprint density at radius 1 is 1.22 bits per heavy atom. The summed E-state index contributed by atoms with van der Waals surface area (Å²) in [5, 5.41) is 7.65. The highest BCUT2D eigenvalue weighted by Gasteiger charge is 2.38. The van der Waals surface area contributed by atoms with Crippen LogP contribution >= 0.6 is 0 Å². The Kier molecular flexibility index (Phi) is 3.63. The fraction of sp³-hybridized carbons (Fsp3) is 0.286. The first-order valence-corrected chi connectivity index (χ1v) is 6.70. The number of alkyl halides is 3. The largest absolute Gasteiger partial charge is 0.471 e. The molecule has 0 saturated carbocycles. The molecule has 6 nitrogen and oxygen atoms in total. The van der Waals surface area contributed by atoms with Gasteiger partial charge in [-0.05, 0) is 32.0 Å². The molecule has 0 aliphatic carbocycles. The van der Waals surface area contributed by atoms with Gasteiger partial charge in [-0.2, -0.15) is 23.3 Å². The molecule has 0 saturated heterocycles. The second-order valence-electron chi connectivity index (χ2n) is 5.04. The fourth-order valence-electron chi connectivity index (χ4n) is 2.09. The molecule has 0 spiro atoms. The molecular weight excluding hydrogens is 311 g/mol. The highest BCUT2D eigenvalue weighted by Crippen LogP contribution is 2.29. The molecule has 3 rings (SSSR count). The van der Waals surface area contributed by atoms with Gasteiger partial charge in [-0.1, -0.05) is 5.16 Å². The summed E-state index contributed by atoms with van der Waals surface area (Å²) in [5.74, 6) is -1.53. The van der Waals surface area contributed by atoms with Gasteiger partial charge < -0.3 is 4.52 Å². The van der Waals surface area contributed by atoms with Crippen molar-refractivity contribution in [3.63, 3.8) is 0 Å². The quantitative estimate of drug-likeness (QED) is 0.741. The van der Waals surface area contributed by atoms with Crippen LogP contribution in [0.1, 0.15) is 23.0 Å². The van der Waals surface area contributed by atoms with E-state index >= 15 is 0 Å². The van der Waals surface area contributed by atoms with E-state index in [1.807, 2.05) is 19.9 Å². The fourth-order valence-corrected chi connectivity index (χ4v) is 2.09. The molecule has 0 unspecified atom stereocenters. The van der Waals surface area contributed by atoms with Crippen LogP contribution in [-0.2, 0) is 12.7 Å². The van der Waals surface area contributed by atoms with E-state index in [4.69, 9.17) is 0 Å². The molecule has 3 aromatic rings. The predicted molar refractivity (Wildman–Crippen MR) is 73.3 cm³/mol. The maximum atomic E-state index is 12.4. The van der Waals surface area contributed by atoms with Gasteiger partial charge in [-0.15, -0.1) is 0 Å². The highest BCUT2D eigenvalue weighted by molar-refractivity contribution is 5.52. The first-order valence-electron chi connectivity index (χ1n) is 6.70. The maximum Gasteiger partial charge on any atom is 0.471 e. The lowest BCUT2D eigenvalue weighted by Crippen LogP contribution is -2.06. The van der Waals surface area contributed by atoms with Gasteiger partial charge in [-0.25, -0.2) is 0 Å². The second-order valence-corrected chi connectivity index (χ2v) is 5.04. The van der Waals surface area contributed by atoms with Crippen LogP contribution in [0.3, 0.4) is 0 Å². The summed E-state index contributed by atoms with van der Waals surface area (Å²) < 4.78 is 43.3. The Morgan fingerprint density at radius 2 is 2.00 bits per heavy atom. The molecule has 0 atom stereocenters. The number of nitrogens with zero attached hydrogens (tertiary/aromatic N) is 5. The van der Waals surface area contributed by atoms with Crippen molar-refractivity contribution in [2.24, 2.45) is 0 Å². The minimum Gasteiger partial charge on any atom is -0.329 e.